The SMILES string of the molecule is Clc1ccc(C(CBr)OCCOc2ccccc2)cc1. The van der Waals surface area contributed by atoms with Crippen LogP contribution in [0.1, 0.15) is 11.7 Å². The van der Waals surface area contributed by atoms with Crippen LogP contribution in [0.5, 0.6) is 5.75 Å². The quantitative estimate of drug-likeness (QED) is 0.521. The first kappa shape index (κ1) is 15.4. The number of benzene rings is 2. The van der Waals surface area contributed by atoms with Gasteiger partial charge in [-0.15, -0.1) is 0 Å². The fourth-order valence-corrected chi connectivity index (χ4v) is 2.46. The fraction of sp³-hybridized carbons (Fsp3) is 0.250. The van der Waals surface area contributed by atoms with E-state index in [1.807, 2.05) is 54.6 Å². The highest BCUT2D eigenvalue weighted by molar-refractivity contribution is 9.09. The van der Waals surface area contributed by atoms with Crippen LogP contribution in [0.15, 0.2) is 54.6 Å². The normalized spacial score (nSPS) is 12.1. The van der Waals surface area contributed by atoms with Crippen molar-refractivity contribution in [2.24, 2.45) is 0 Å². The molecule has 0 aliphatic carbocycles. The number of para-hydroxylation sites is 1. The van der Waals surface area contributed by atoms with Gasteiger partial charge in [-0.3, -0.25) is 0 Å². The third kappa shape index (κ3) is 4.82. The molecule has 0 bridgehead atoms. The monoisotopic (exact) mass is 354 g/mol. The minimum Gasteiger partial charge on any atom is -0.491 e. The van der Waals surface area contributed by atoms with Crippen LogP contribution in [0.4, 0.5) is 0 Å². The zero-order valence-corrected chi connectivity index (χ0v) is 13.3. The zero-order chi connectivity index (χ0) is 14.2. The molecule has 2 nitrogen and oxygen atoms in total. The van der Waals surface area contributed by atoms with Gasteiger partial charge < -0.3 is 9.47 Å². The van der Waals surface area contributed by atoms with Crippen LogP contribution >= 0.6 is 27.5 Å². The lowest BCUT2D eigenvalue weighted by molar-refractivity contribution is 0.0474. The lowest BCUT2D eigenvalue weighted by Gasteiger charge is -2.16. The number of hydrogen-bond donors (Lipinski definition) is 0. The first-order valence-electron chi connectivity index (χ1n) is 6.40. The van der Waals surface area contributed by atoms with Crippen molar-refractivity contribution in [1.82, 2.24) is 0 Å². The van der Waals surface area contributed by atoms with Gasteiger partial charge in [0.1, 0.15) is 12.4 Å². The van der Waals surface area contributed by atoms with Crippen molar-refractivity contribution < 1.29 is 9.47 Å². The Labute approximate surface area is 132 Å². The third-order valence-electron chi connectivity index (χ3n) is 2.80. The lowest BCUT2D eigenvalue weighted by atomic mass is 10.1. The average molecular weight is 356 g/mol. The molecule has 0 heterocycles. The molecule has 0 aliphatic heterocycles. The smallest absolute Gasteiger partial charge is 0.119 e. The maximum atomic E-state index is 5.88. The molecule has 0 aliphatic rings. The number of alkyl halides is 1. The number of ether oxygens (including phenoxy) is 2. The van der Waals surface area contributed by atoms with Crippen molar-refractivity contribution in [3.8, 4) is 5.75 Å². The highest BCUT2D eigenvalue weighted by Crippen LogP contribution is 2.21. The molecule has 0 amide bonds. The summed E-state index contributed by atoms with van der Waals surface area (Å²) in [7, 11) is 0. The van der Waals surface area contributed by atoms with Gasteiger partial charge >= 0.3 is 0 Å². The minimum absolute atomic E-state index is 0.00615. The largest absolute Gasteiger partial charge is 0.491 e. The fourth-order valence-electron chi connectivity index (χ4n) is 1.77. The first-order chi connectivity index (χ1) is 9.79. The third-order valence-corrected chi connectivity index (χ3v) is 3.64. The Morgan fingerprint density at radius 1 is 0.950 bits per heavy atom. The zero-order valence-electron chi connectivity index (χ0n) is 11.0. The maximum absolute atomic E-state index is 5.88. The van der Waals surface area contributed by atoms with E-state index in [0.717, 1.165) is 21.7 Å². The highest BCUT2D eigenvalue weighted by Gasteiger charge is 2.10. The Hall–Kier alpha value is -1.03. The molecular formula is C16H16BrClO2. The summed E-state index contributed by atoms with van der Waals surface area (Å²) in [5.41, 5.74) is 1.10. The Balaban J connectivity index is 1.78. The predicted octanol–water partition coefficient (Wildman–Crippen LogP) is 4.87. The van der Waals surface area contributed by atoms with Crippen molar-refractivity contribution in [2.45, 2.75) is 6.10 Å². The van der Waals surface area contributed by atoms with Crippen LogP contribution < -0.4 is 4.74 Å². The molecular weight excluding hydrogens is 340 g/mol. The number of rotatable bonds is 7. The molecule has 1 atom stereocenters. The summed E-state index contributed by atoms with van der Waals surface area (Å²) in [6.45, 7) is 1.06. The van der Waals surface area contributed by atoms with Crippen molar-refractivity contribution in [3.63, 3.8) is 0 Å². The summed E-state index contributed by atoms with van der Waals surface area (Å²) in [6.07, 6.45) is 0.00615. The standard InChI is InChI=1S/C16H16BrClO2/c17-12-16(13-6-8-14(18)9-7-13)20-11-10-19-15-4-2-1-3-5-15/h1-9,16H,10-12H2. The van der Waals surface area contributed by atoms with Crippen LogP contribution in [0.3, 0.4) is 0 Å². The second-order valence-corrected chi connectivity index (χ2v) is 5.31. The average Bonchev–Trinajstić information content (AvgIpc) is 2.50. The Kier molecular flexibility index (Phi) is 6.37. The van der Waals surface area contributed by atoms with Crippen LogP contribution in [0, 0.1) is 0 Å². The van der Waals surface area contributed by atoms with Gasteiger partial charge in [-0.1, -0.05) is 57.9 Å². The summed E-state index contributed by atoms with van der Waals surface area (Å²) in [5, 5.41) is 1.47. The van der Waals surface area contributed by atoms with Crippen LogP contribution in [0.25, 0.3) is 0 Å². The van der Waals surface area contributed by atoms with Gasteiger partial charge in [-0.05, 0) is 29.8 Å². The highest BCUT2D eigenvalue weighted by atomic mass is 79.9. The van der Waals surface area contributed by atoms with Gasteiger partial charge in [0.05, 0.1) is 12.7 Å². The summed E-state index contributed by atoms with van der Waals surface area (Å²) in [4.78, 5) is 0. The van der Waals surface area contributed by atoms with Crippen molar-refractivity contribution in [2.75, 3.05) is 18.5 Å². The van der Waals surface area contributed by atoms with E-state index >= 15 is 0 Å². The summed E-state index contributed by atoms with van der Waals surface area (Å²) in [5.74, 6) is 0.859. The molecule has 0 saturated carbocycles. The van der Waals surface area contributed by atoms with Gasteiger partial charge in [-0.25, -0.2) is 0 Å². The van der Waals surface area contributed by atoms with Crippen molar-refractivity contribution in [1.29, 1.82) is 0 Å². The Bertz CT molecular complexity index is 502. The molecule has 0 saturated heterocycles. The van der Waals surface area contributed by atoms with Gasteiger partial charge in [-0.2, -0.15) is 0 Å². The molecule has 2 aromatic carbocycles. The molecule has 4 heteroatoms. The van der Waals surface area contributed by atoms with Crippen LogP contribution in [-0.4, -0.2) is 18.5 Å². The van der Waals surface area contributed by atoms with Gasteiger partial charge in [0.25, 0.3) is 0 Å². The molecule has 0 radical (unpaired) electrons. The summed E-state index contributed by atoms with van der Waals surface area (Å²) in [6, 6.07) is 17.4. The molecule has 0 aromatic heterocycles. The van der Waals surface area contributed by atoms with E-state index in [0.29, 0.717) is 13.2 Å². The molecule has 2 rings (SSSR count). The number of halogens is 2. The summed E-state index contributed by atoms with van der Waals surface area (Å²) >= 11 is 9.35. The Morgan fingerprint density at radius 3 is 2.30 bits per heavy atom. The topological polar surface area (TPSA) is 18.5 Å². The van der Waals surface area contributed by atoms with Crippen molar-refractivity contribution in [3.05, 3.63) is 65.2 Å². The Morgan fingerprint density at radius 2 is 1.65 bits per heavy atom. The molecule has 20 heavy (non-hydrogen) atoms. The van der Waals surface area contributed by atoms with E-state index in [2.05, 4.69) is 15.9 Å². The van der Waals surface area contributed by atoms with E-state index in [4.69, 9.17) is 21.1 Å². The van der Waals surface area contributed by atoms with E-state index < -0.39 is 0 Å². The van der Waals surface area contributed by atoms with E-state index in [9.17, 15) is 0 Å². The van der Waals surface area contributed by atoms with Gasteiger partial charge in [0, 0.05) is 10.4 Å². The van der Waals surface area contributed by atoms with E-state index in [-0.39, 0.29) is 6.10 Å². The van der Waals surface area contributed by atoms with E-state index in [1.165, 1.54) is 0 Å². The van der Waals surface area contributed by atoms with Gasteiger partial charge in [0.2, 0.25) is 0 Å². The second-order valence-electron chi connectivity index (χ2n) is 4.23. The number of hydrogen-bond acceptors (Lipinski definition) is 2. The molecule has 2 aromatic rings. The molecule has 106 valence electrons. The van der Waals surface area contributed by atoms with Crippen molar-refractivity contribution >= 4 is 27.5 Å². The molecule has 0 fully saturated rings. The second kappa shape index (κ2) is 8.30. The predicted molar refractivity (Wildman–Crippen MR) is 85.9 cm³/mol. The minimum atomic E-state index is 0.00615. The maximum Gasteiger partial charge on any atom is 0.119 e. The summed E-state index contributed by atoms with van der Waals surface area (Å²) < 4.78 is 11.4. The van der Waals surface area contributed by atoms with Crippen LogP contribution in [0.2, 0.25) is 5.02 Å². The van der Waals surface area contributed by atoms with E-state index in [1.54, 1.807) is 0 Å². The van der Waals surface area contributed by atoms with Gasteiger partial charge in [0.15, 0.2) is 0 Å². The molecule has 0 spiro atoms. The molecule has 0 N–H and O–H groups in total. The van der Waals surface area contributed by atoms with Crippen LogP contribution in [-0.2, 0) is 4.74 Å². The first-order valence-corrected chi connectivity index (χ1v) is 7.90. The lowest BCUT2D eigenvalue weighted by Crippen LogP contribution is -2.12. The molecule has 1 unspecified atom stereocenters.